The van der Waals surface area contributed by atoms with E-state index in [-0.39, 0.29) is 0 Å². The Hall–Kier alpha value is -1.69. The van der Waals surface area contributed by atoms with Crippen LogP contribution in [0.3, 0.4) is 0 Å². The third kappa shape index (κ3) is 1.84. The molecule has 0 aliphatic carbocycles. The number of aromatic nitrogens is 4. The maximum atomic E-state index is 5.38. The number of nitrogens with one attached hydrogen (secondary N) is 1. The van der Waals surface area contributed by atoms with Crippen molar-refractivity contribution >= 4 is 17.0 Å². The number of fused-ring (bicyclic) bond motifs is 1. The summed E-state index contributed by atoms with van der Waals surface area (Å²) in [4.78, 5) is 17.9. The van der Waals surface area contributed by atoms with E-state index in [0.29, 0.717) is 11.7 Å². The number of rotatable bonds is 2. The summed E-state index contributed by atoms with van der Waals surface area (Å²) in [5.74, 6) is 0.916. The van der Waals surface area contributed by atoms with Crippen LogP contribution >= 0.6 is 0 Å². The fourth-order valence-corrected chi connectivity index (χ4v) is 2.27. The van der Waals surface area contributed by atoms with Crippen molar-refractivity contribution in [3.63, 3.8) is 0 Å². The zero-order chi connectivity index (χ0) is 11.7. The monoisotopic (exact) mass is 233 g/mol. The summed E-state index contributed by atoms with van der Waals surface area (Å²) in [6.45, 7) is 1.65. The fraction of sp³-hybridized carbons (Fsp3) is 0.545. The van der Waals surface area contributed by atoms with E-state index in [9.17, 15) is 0 Å². The van der Waals surface area contributed by atoms with Gasteiger partial charge in [-0.2, -0.15) is 0 Å². The van der Waals surface area contributed by atoms with Crippen LogP contribution in [-0.2, 0) is 4.74 Å². The summed E-state index contributed by atoms with van der Waals surface area (Å²) in [5.41, 5.74) is 1.62. The van der Waals surface area contributed by atoms with E-state index in [4.69, 9.17) is 4.74 Å². The highest BCUT2D eigenvalue weighted by Crippen LogP contribution is 2.23. The molecule has 3 heterocycles. The zero-order valence-corrected chi connectivity index (χ0v) is 9.76. The lowest BCUT2D eigenvalue weighted by atomic mass is 10.1. The highest BCUT2D eigenvalue weighted by atomic mass is 16.5. The van der Waals surface area contributed by atoms with Gasteiger partial charge in [0.05, 0.1) is 6.33 Å². The molecule has 17 heavy (non-hydrogen) atoms. The van der Waals surface area contributed by atoms with E-state index in [0.717, 1.165) is 37.4 Å². The molecule has 0 bridgehead atoms. The lowest BCUT2D eigenvalue weighted by molar-refractivity contribution is 0.0854. The van der Waals surface area contributed by atoms with E-state index in [1.54, 1.807) is 12.7 Å². The van der Waals surface area contributed by atoms with E-state index in [2.05, 4.69) is 31.9 Å². The van der Waals surface area contributed by atoms with Crippen LogP contribution in [0.15, 0.2) is 12.7 Å². The van der Waals surface area contributed by atoms with E-state index in [1.165, 1.54) is 0 Å². The maximum absolute atomic E-state index is 5.38. The van der Waals surface area contributed by atoms with Crippen molar-refractivity contribution in [1.29, 1.82) is 0 Å². The molecular formula is C11H15N5O. The Balaban J connectivity index is 1.94. The van der Waals surface area contributed by atoms with Crippen molar-refractivity contribution in [2.45, 2.75) is 18.9 Å². The molecule has 2 aromatic heterocycles. The minimum atomic E-state index is 0.477. The second kappa shape index (κ2) is 4.29. The van der Waals surface area contributed by atoms with Crippen molar-refractivity contribution in [2.75, 3.05) is 25.2 Å². The summed E-state index contributed by atoms with van der Waals surface area (Å²) in [6.07, 6.45) is 5.29. The van der Waals surface area contributed by atoms with Crippen LogP contribution in [0.1, 0.15) is 12.8 Å². The minimum absolute atomic E-state index is 0.477. The number of hydrogen-bond donors (Lipinski definition) is 1. The van der Waals surface area contributed by atoms with Gasteiger partial charge in [0.15, 0.2) is 11.5 Å². The zero-order valence-electron chi connectivity index (χ0n) is 9.76. The van der Waals surface area contributed by atoms with Crippen molar-refractivity contribution < 1.29 is 4.74 Å². The van der Waals surface area contributed by atoms with Gasteiger partial charge in [0, 0.05) is 26.3 Å². The molecular weight excluding hydrogens is 218 g/mol. The van der Waals surface area contributed by atoms with Crippen LogP contribution in [0.5, 0.6) is 0 Å². The third-order valence-corrected chi connectivity index (χ3v) is 3.28. The van der Waals surface area contributed by atoms with Gasteiger partial charge in [-0.05, 0) is 12.8 Å². The predicted octanol–water partition coefficient (Wildman–Crippen LogP) is 0.968. The second-order valence-electron chi connectivity index (χ2n) is 4.25. The van der Waals surface area contributed by atoms with Crippen molar-refractivity contribution in [3.05, 3.63) is 12.7 Å². The summed E-state index contributed by atoms with van der Waals surface area (Å²) < 4.78 is 5.38. The number of imidazole rings is 1. The molecule has 90 valence electrons. The Morgan fingerprint density at radius 1 is 1.29 bits per heavy atom. The van der Waals surface area contributed by atoms with Crippen LogP contribution in [0.2, 0.25) is 0 Å². The highest BCUT2D eigenvalue weighted by molar-refractivity contribution is 5.82. The largest absolute Gasteiger partial charge is 0.381 e. The minimum Gasteiger partial charge on any atom is -0.381 e. The Morgan fingerprint density at radius 2 is 2.12 bits per heavy atom. The van der Waals surface area contributed by atoms with Crippen LogP contribution in [0.25, 0.3) is 11.2 Å². The molecule has 6 heteroatoms. The standard InChI is InChI=1S/C11H15N5O/c1-16(8-2-4-17-5-3-8)11-9-10(13-6-12-9)14-7-15-11/h6-8H,2-5H2,1H3,(H,12,13,14,15). The fourth-order valence-electron chi connectivity index (χ4n) is 2.27. The van der Waals surface area contributed by atoms with Crippen molar-refractivity contribution in [3.8, 4) is 0 Å². The van der Waals surface area contributed by atoms with E-state index >= 15 is 0 Å². The summed E-state index contributed by atoms with van der Waals surface area (Å²) >= 11 is 0. The lowest BCUT2D eigenvalue weighted by Gasteiger charge is -2.31. The van der Waals surface area contributed by atoms with Gasteiger partial charge in [0.1, 0.15) is 11.8 Å². The molecule has 3 rings (SSSR count). The molecule has 1 saturated heterocycles. The predicted molar refractivity (Wildman–Crippen MR) is 63.9 cm³/mol. The number of ether oxygens (including phenoxy) is 1. The van der Waals surface area contributed by atoms with Crippen LogP contribution in [0, 0.1) is 0 Å². The molecule has 1 aliphatic heterocycles. The molecule has 1 aliphatic rings. The molecule has 0 amide bonds. The quantitative estimate of drug-likeness (QED) is 0.837. The Bertz CT molecular complexity index is 505. The topological polar surface area (TPSA) is 66.9 Å². The molecule has 0 spiro atoms. The molecule has 0 radical (unpaired) electrons. The number of H-pyrrole nitrogens is 1. The Kier molecular flexibility index (Phi) is 2.64. The van der Waals surface area contributed by atoms with Gasteiger partial charge in [0.25, 0.3) is 0 Å². The van der Waals surface area contributed by atoms with Gasteiger partial charge in [0.2, 0.25) is 0 Å². The molecule has 2 aromatic rings. The Labute approximate surface area is 99.0 Å². The first-order chi connectivity index (χ1) is 8.36. The molecule has 0 aromatic carbocycles. The molecule has 0 unspecified atom stereocenters. The SMILES string of the molecule is CN(c1ncnc2nc[nH]c12)C1CCOCC1. The number of aromatic amines is 1. The first-order valence-corrected chi connectivity index (χ1v) is 5.81. The maximum Gasteiger partial charge on any atom is 0.182 e. The summed E-state index contributed by atoms with van der Waals surface area (Å²) in [7, 11) is 2.07. The van der Waals surface area contributed by atoms with E-state index < -0.39 is 0 Å². The van der Waals surface area contributed by atoms with Gasteiger partial charge in [-0.15, -0.1) is 0 Å². The third-order valence-electron chi connectivity index (χ3n) is 3.28. The summed E-state index contributed by atoms with van der Waals surface area (Å²) in [5, 5.41) is 0. The normalized spacial score (nSPS) is 17.5. The molecule has 6 nitrogen and oxygen atoms in total. The highest BCUT2D eigenvalue weighted by Gasteiger charge is 2.21. The van der Waals surface area contributed by atoms with Crippen molar-refractivity contribution in [2.24, 2.45) is 0 Å². The van der Waals surface area contributed by atoms with E-state index in [1.807, 2.05) is 0 Å². The van der Waals surface area contributed by atoms with Gasteiger partial charge in [-0.1, -0.05) is 0 Å². The first kappa shape index (κ1) is 10.5. The van der Waals surface area contributed by atoms with Gasteiger partial charge >= 0.3 is 0 Å². The summed E-state index contributed by atoms with van der Waals surface area (Å²) in [6, 6.07) is 0.477. The van der Waals surface area contributed by atoms with Crippen LogP contribution in [-0.4, -0.2) is 46.2 Å². The number of nitrogens with zero attached hydrogens (tertiary/aromatic N) is 4. The molecule has 1 N–H and O–H groups in total. The molecule has 1 fully saturated rings. The first-order valence-electron chi connectivity index (χ1n) is 5.81. The average Bonchev–Trinajstić information content (AvgIpc) is 2.87. The lowest BCUT2D eigenvalue weighted by Crippen LogP contribution is -2.37. The average molecular weight is 233 g/mol. The molecule has 0 saturated carbocycles. The van der Waals surface area contributed by atoms with Gasteiger partial charge in [-0.3, -0.25) is 0 Å². The van der Waals surface area contributed by atoms with Gasteiger partial charge in [-0.25, -0.2) is 15.0 Å². The van der Waals surface area contributed by atoms with Crippen LogP contribution < -0.4 is 4.90 Å². The Morgan fingerprint density at radius 3 is 2.94 bits per heavy atom. The molecule has 0 atom stereocenters. The number of anilines is 1. The van der Waals surface area contributed by atoms with Crippen LogP contribution in [0.4, 0.5) is 5.82 Å². The second-order valence-corrected chi connectivity index (χ2v) is 4.25. The number of hydrogen-bond acceptors (Lipinski definition) is 5. The van der Waals surface area contributed by atoms with Gasteiger partial charge < -0.3 is 14.6 Å². The van der Waals surface area contributed by atoms with Crippen molar-refractivity contribution in [1.82, 2.24) is 19.9 Å². The smallest absolute Gasteiger partial charge is 0.182 e.